The summed E-state index contributed by atoms with van der Waals surface area (Å²) in [6, 6.07) is 14.3. The molecule has 0 spiro atoms. The van der Waals surface area contributed by atoms with Crippen LogP contribution in [-0.2, 0) is 0 Å². The van der Waals surface area contributed by atoms with E-state index in [9.17, 15) is 4.39 Å². The number of aromatic nitrogens is 3. The van der Waals surface area contributed by atoms with Crippen molar-refractivity contribution in [2.24, 2.45) is 0 Å². The molecule has 0 aliphatic carbocycles. The number of hydrogen-bond donors (Lipinski definition) is 1. The second-order valence-electron chi connectivity index (χ2n) is 4.48. The molecule has 0 atom stereocenters. The van der Waals surface area contributed by atoms with Crippen LogP contribution in [0, 0.1) is 12.7 Å². The van der Waals surface area contributed by atoms with Crippen molar-refractivity contribution in [2.75, 3.05) is 5.73 Å². The molecule has 20 heavy (non-hydrogen) atoms. The molecule has 1 heterocycles. The third-order valence-corrected chi connectivity index (χ3v) is 3.10. The predicted molar refractivity (Wildman–Crippen MR) is 75.9 cm³/mol. The van der Waals surface area contributed by atoms with E-state index in [1.165, 1.54) is 12.1 Å². The van der Waals surface area contributed by atoms with Gasteiger partial charge in [-0.15, -0.1) is 10.2 Å². The second kappa shape index (κ2) is 4.77. The fourth-order valence-electron chi connectivity index (χ4n) is 2.10. The number of para-hydroxylation sites is 1. The van der Waals surface area contributed by atoms with Crippen molar-refractivity contribution in [3.63, 3.8) is 0 Å². The maximum Gasteiger partial charge on any atom is 0.168 e. The van der Waals surface area contributed by atoms with Gasteiger partial charge < -0.3 is 5.73 Å². The molecule has 4 nitrogen and oxygen atoms in total. The fraction of sp³-hybridized carbons (Fsp3) is 0.0667. The Balaban J connectivity index is 2.18. The molecule has 3 rings (SSSR count). The Morgan fingerprint density at radius 1 is 1.05 bits per heavy atom. The summed E-state index contributed by atoms with van der Waals surface area (Å²) in [6.45, 7) is 1.86. The Morgan fingerprint density at radius 3 is 2.50 bits per heavy atom. The number of nitrogens with two attached hydrogens (primary N) is 1. The zero-order valence-corrected chi connectivity index (χ0v) is 10.9. The monoisotopic (exact) mass is 268 g/mol. The highest BCUT2D eigenvalue weighted by Crippen LogP contribution is 2.24. The quantitative estimate of drug-likeness (QED) is 0.727. The van der Waals surface area contributed by atoms with Gasteiger partial charge in [-0.2, -0.15) is 0 Å². The van der Waals surface area contributed by atoms with Crippen molar-refractivity contribution in [3.8, 4) is 17.1 Å². The van der Waals surface area contributed by atoms with Gasteiger partial charge in [-0.25, -0.2) is 4.39 Å². The standard InChI is InChI=1S/C15H13FN4/c1-10-18-19-15(11-7-8-14(17)13(16)9-11)20(10)12-5-3-2-4-6-12/h2-9H,17H2,1H3. The number of halogens is 1. The second-order valence-corrected chi connectivity index (χ2v) is 4.48. The molecule has 2 aromatic carbocycles. The van der Waals surface area contributed by atoms with Crippen LogP contribution in [0.5, 0.6) is 0 Å². The first-order valence-corrected chi connectivity index (χ1v) is 6.19. The van der Waals surface area contributed by atoms with E-state index in [0.717, 1.165) is 11.5 Å². The lowest BCUT2D eigenvalue weighted by molar-refractivity contribution is 0.633. The minimum Gasteiger partial charge on any atom is -0.396 e. The van der Waals surface area contributed by atoms with Crippen LogP contribution >= 0.6 is 0 Å². The van der Waals surface area contributed by atoms with E-state index in [-0.39, 0.29) is 5.69 Å². The molecule has 0 fully saturated rings. The average Bonchev–Trinajstić information content (AvgIpc) is 2.85. The molecule has 0 aliphatic rings. The zero-order valence-electron chi connectivity index (χ0n) is 10.9. The van der Waals surface area contributed by atoms with Gasteiger partial charge in [-0.05, 0) is 37.3 Å². The van der Waals surface area contributed by atoms with Crippen LogP contribution in [0.2, 0.25) is 0 Å². The Labute approximate surface area is 115 Å². The highest BCUT2D eigenvalue weighted by Gasteiger charge is 2.13. The number of nitrogens with zero attached hydrogens (tertiary/aromatic N) is 3. The Bertz CT molecular complexity index is 750. The van der Waals surface area contributed by atoms with E-state index >= 15 is 0 Å². The third kappa shape index (κ3) is 2.03. The summed E-state index contributed by atoms with van der Waals surface area (Å²) in [5, 5.41) is 8.22. The Hall–Kier alpha value is -2.69. The van der Waals surface area contributed by atoms with Crippen LogP contribution in [0.1, 0.15) is 5.82 Å². The maximum atomic E-state index is 13.6. The number of nitrogen functional groups attached to an aromatic ring is 1. The molecule has 0 radical (unpaired) electrons. The van der Waals surface area contributed by atoms with Gasteiger partial charge in [-0.1, -0.05) is 18.2 Å². The van der Waals surface area contributed by atoms with Crippen molar-refractivity contribution in [1.29, 1.82) is 0 Å². The van der Waals surface area contributed by atoms with Crippen molar-refractivity contribution < 1.29 is 4.39 Å². The molecule has 100 valence electrons. The Kier molecular flexibility index (Phi) is 2.95. The van der Waals surface area contributed by atoms with Gasteiger partial charge in [0.25, 0.3) is 0 Å². The summed E-state index contributed by atoms with van der Waals surface area (Å²) in [7, 11) is 0. The smallest absolute Gasteiger partial charge is 0.168 e. The van der Waals surface area contributed by atoms with E-state index in [0.29, 0.717) is 11.4 Å². The third-order valence-electron chi connectivity index (χ3n) is 3.10. The van der Waals surface area contributed by atoms with Crippen LogP contribution in [0.25, 0.3) is 17.1 Å². The van der Waals surface area contributed by atoms with Crippen LogP contribution in [0.4, 0.5) is 10.1 Å². The van der Waals surface area contributed by atoms with Gasteiger partial charge >= 0.3 is 0 Å². The summed E-state index contributed by atoms with van der Waals surface area (Å²) in [6.07, 6.45) is 0. The van der Waals surface area contributed by atoms with Gasteiger partial charge in [0.15, 0.2) is 5.82 Å². The molecular weight excluding hydrogens is 255 g/mol. The maximum absolute atomic E-state index is 13.6. The lowest BCUT2D eigenvalue weighted by atomic mass is 10.2. The first-order chi connectivity index (χ1) is 9.66. The van der Waals surface area contributed by atoms with Crippen molar-refractivity contribution in [2.45, 2.75) is 6.92 Å². The van der Waals surface area contributed by atoms with E-state index < -0.39 is 5.82 Å². The predicted octanol–water partition coefficient (Wildman–Crippen LogP) is 2.96. The first-order valence-electron chi connectivity index (χ1n) is 6.19. The normalized spacial score (nSPS) is 10.7. The van der Waals surface area contributed by atoms with Gasteiger partial charge in [0.05, 0.1) is 5.69 Å². The minimum absolute atomic E-state index is 0.122. The van der Waals surface area contributed by atoms with E-state index in [1.54, 1.807) is 6.07 Å². The number of aryl methyl sites for hydroxylation is 1. The topological polar surface area (TPSA) is 56.7 Å². The summed E-state index contributed by atoms with van der Waals surface area (Å²) in [5.74, 6) is 0.874. The molecule has 1 aromatic heterocycles. The van der Waals surface area contributed by atoms with E-state index in [1.807, 2.05) is 41.8 Å². The highest BCUT2D eigenvalue weighted by molar-refractivity contribution is 5.62. The van der Waals surface area contributed by atoms with Crippen LogP contribution in [0.3, 0.4) is 0 Å². The van der Waals surface area contributed by atoms with E-state index in [2.05, 4.69) is 10.2 Å². The zero-order chi connectivity index (χ0) is 14.1. The van der Waals surface area contributed by atoms with E-state index in [4.69, 9.17) is 5.73 Å². The van der Waals surface area contributed by atoms with Crippen molar-refractivity contribution in [1.82, 2.24) is 14.8 Å². The van der Waals surface area contributed by atoms with Crippen molar-refractivity contribution in [3.05, 3.63) is 60.2 Å². The summed E-state index contributed by atoms with van der Waals surface area (Å²) in [5.41, 5.74) is 7.20. The first kappa shape index (κ1) is 12.3. The number of anilines is 1. The van der Waals surface area contributed by atoms with Crippen LogP contribution in [-0.4, -0.2) is 14.8 Å². The lowest BCUT2D eigenvalue weighted by Crippen LogP contribution is -2.00. The van der Waals surface area contributed by atoms with Gasteiger partial charge in [0, 0.05) is 11.3 Å². The summed E-state index contributed by atoms with van der Waals surface area (Å²) >= 11 is 0. The molecule has 0 bridgehead atoms. The minimum atomic E-state index is -0.456. The molecule has 3 aromatic rings. The number of rotatable bonds is 2. The highest BCUT2D eigenvalue weighted by atomic mass is 19.1. The molecule has 0 saturated heterocycles. The SMILES string of the molecule is Cc1nnc(-c2ccc(N)c(F)c2)n1-c1ccccc1. The lowest BCUT2D eigenvalue weighted by Gasteiger charge is -2.09. The average molecular weight is 268 g/mol. The molecule has 0 amide bonds. The molecule has 0 unspecified atom stereocenters. The molecule has 0 aliphatic heterocycles. The Morgan fingerprint density at radius 2 is 1.80 bits per heavy atom. The van der Waals surface area contributed by atoms with Gasteiger partial charge in [0.1, 0.15) is 11.6 Å². The number of hydrogen-bond acceptors (Lipinski definition) is 3. The molecule has 2 N–H and O–H groups in total. The molecular formula is C15H13FN4. The largest absolute Gasteiger partial charge is 0.396 e. The van der Waals surface area contributed by atoms with Crippen LogP contribution in [0.15, 0.2) is 48.5 Å². The van der Waals surface area contributed by atoms with Gasteiger partial charge in [-0.3, -0.25) is 4.57 Å². The number of benzene rings is 2. The van der Waals surface area contributed by atoms with Crippen molar-refractivity contribution >= 4 is 5.69 Å². The summed E-state index contributed by atoms with van der Waals surface area (Å²) in [4.78, 5) is 0. The van der Waals surface area contributed by atoms with Crippen LogP contribution < -0.4 is 5.73 Å². The molecule has 5 heteroatoms. The van der Waals surface area contributed by atoms with Gasteiger partial charge in [0.2, 0.25) is 0 Å². The fourth-order valence-corrected chi connectivity index (χ4v) is 2.10. The summed E-state index contributed by atoms with van der Waals surface area (Å²) < 4.78 is 15.5. The molecule has 0 saturated carbocycles.